The molecule has 29 heavy (non-hydrogen) atoms. The Kier molecular flexibility index (Phi) is 6.10. The van der Waals surface area contributed by atoms with E-state index in [2.05, 4.69) is 10.6 Å². The van der Waals surface area contributed by atoms with Gasteiger partial charge in [-0.15, -0.1) is 0 Å². The molecule has 0 aromatic carbocycles. The zero-order valence-corrected chi connectivity index (χ0v) is 17.4. The maximum Gasteiger partial charge on any atom is 0.310 e. The summed E-state index contributed by atoms with van der Waals surface area (Å²) in [4.78, 5) is 49.7. The SMILES string of the molecule is COC(=O)[C@H]1CC(=O)C2c3c(ccn3C1)CC[C@@H]2NC(=O)C(NC(C)=O)C(C)C. The number of carbonyl (C=O) groups is 4. The minimum Gasteiger partial charge on any atom is -0.469 e. The molecule has 0 fully saturated rings. The molecule has 2 amide bonds. The fourth-order valence-electron chi connectivity index (χ4n) is 4.50. The predicted octanol–water partition coefficient (Wildman–Crippen LogP) is 0.925. The van der Waals surface area contributed by atoms with Crippen molar-refractivity contribution in [2.45, 2.75) is 64.6 Å². The van der Waals surface area contributed by atoms with Gasteiger partial charge in [0.1, 0.15) is 11.8 Å². The highest BCUT2D eigenvalue weighted by Crippen LogP contribution is 2.38. The third kappa shape index (κ3) is 4.21. The van der Waals surface area contributed by atoms with Gasteiger partial charge in [-0.2, -0.15) is 0 Å². The Morgan fingerprint density at radius 2 is 2.00 bits per heavy atom. The largest absolute Gasteiger partial charge is 0.469 e. The normalized spacial score (nSPS) is 24.3. The van der Waals surface area contributed by atoms with Gasteiger partial charge in [-0.3, -0.25) is 19.2 Å². The summed E-state index contributed by atoms with van der Waals surface area (Å²) in [6.07, 6.45) is 3.37. The van der Waals surface area contributed by atoms with E-state index in [1.807, 2.05) is 30.7 Å². The quantitative estimate of drug-likeness (QED) is 0.711. The molecule has 1 aromatic heterocycles. The number of ether oxygens (including phenoxy) is 1. The highest BCUT2D eigenvalue weighted by Gasteiger charge is 2.43. The van der Waals surface area contributed by atoms with Crippen molar-refractivity contribution in [2.75, 3.05) is 7.11 Å². The summed E-state index contributed by atoms with van der Waals surface area (Å²) in [7, 11) is 1.33. The number of methoxy groups -OCH3 is 1. The molecule has 2 heterocycles. The average molecular weight is 403 g/mol. The number of nitrogens with zero attached hydrogens (tertiary/aromatic N) is 1. The van der Waals surface area contributed by atoms with Crippen LogP contribution in [0, 0.1) is 11.8 Å². The Morgan fingerprint density at radius 3 is 2.62 bits per heavy atom. The van der Waals surface area contributed by atoms with Crippen LogP contribution in [0.1, 0.15) is 50.8 Å². The third-order valence-electron chi connectivity index (χ3n) is 5.90. The van der Waals surface area contributed by atoms with Crippen LogP contribution in [0.25, 0.3) is 0 Å². The van der Waals surface area contributed by atoms with E-state index in [9.17, 15) is 19.2 Å². The molecule has 0 spiro atoms. The smallest absolute Gasteiger partial charge is 0.310 e. The van der Waals surface area contributed by atoms with Crippen LogP contribution < -0.4 is 10.6 Å². The molecular formula is C21H29N3O5. The molecule has 158 valence electrons. The van der Waals surface area contributed by atoms with Crippen molar-refractivity contribution in [1.82, 2.24) is 15.2 Å². The highest BCUT2D eigenvalue weighted by molar-refractivity contribution is 5.92. The number of Topliss-reactive ketones (excluding diaryl/α,β-unsaturated/α-hetero) is 1. The number of aryl methyl sites for hydroxylation is 1. The molecule has 2 unspecified atom stereocenters. The van der Waals surface area contributed by atoms with E-state index in [0.717, 1.165) is 17.7 Å². The lowest BCUT2D eigenvalue weighted by atomic mass is 9.79. The van der Waals surface area contributed by atoms with Crippen molar-refractivity contribution in [3.63, 3.8) is 0 Å². The van der Waals surface area contributed by atoms with Crippen LogP contribution in [-0.4, -0.2) is 47.3 Å². The van der Waals surface area contributed by atoms with Gasteiger partial charge >= 0.3 is 5.97 Å². The first-order valence-corrected chi connectivity index (χ1v) is 10.1. The first kappa shape index (κ1) is 21.1. The van der Waals surface area contributed by atoms with E-state index < -0.39 is 23.8 Å². The Hall–Kier alpha value is -2.64. The van der Waals surface area contributed by atoms with Crippen molar-refractivity contribution in [3.05, 3.63) is 23.5 Å². The second kappa shape index (κ2) is 8.39. The van der Waals surface area contributed by atoms with E-state index in [1.54, 1.807) is 0 Å². The Balaban J connectivity index is 1.87. The Bertz CT molecular complexity index is 828. The standard InChI is InChI=1S/C21H29N3O5/c1-11(2)18(22-12(3)25)20(27)23-15-6-5-13-7-8-24-10-14(21(28)29-4)9-16(26)17(15)19(13)24/h7-8,11,14-15,17-18H,5-6,9-10H2,1-4H3,(H,22,25)(H,23,27)/t14-,15-,17?,18?/m0/s1. The number of hydrogen-bond donors (Lipinski definition) is 2. The lowest BCUT2D eigenvalue weighted by Crippen LogP contribution is -2.54. The first-order valence-electron chi connectivity index (χ1n) is 10.1. The van der Waals surface area contributed by atoms with Gasteiger partial charge in [0.2, 0.25) is 11.8 Å². The number of ketones is 1. The molecular weight excluding hydrogens is 374 g/mol. The van der Waals surface area contributed by atoms with Gasteiger partial charge in [-0.1, -0.05) is 13.8 Å². The molecule has 4 atom stereocenters. The van der Waals surface area contributed by atoms with E-state index in [-0.39, 0.29) is 36.0 Å². The van der Waals surface area contributed by atoms with Gasteiger partial charge in [-0.05, 0) is 30.4 Å². The molecule has 1 aliphatic heterocycles. The van der Waals surface area contributed by atoms with Crippen LogP contribution in [0.5, 0.6) is 0 Å². The van der Waals surface area contributed by atoms with Gasteiger partial charge in [0.25, 0.3) is 0 Å². The number of carbonyl (C=O) groups excluding carboxylic acids is 4. The van der Waals surface area contributed by atoms with Crippen molar-refractivity contribution >= 4 is 23.6 Å². The Labute approximate surface area is 170 Å². The summed E-state index contributed by atoms with van der Waals surface area (Å²) < 4.78 is 6.83. The van der Waals surface area contributed by atoms with Gasteiger partial charge in [0.05, 0.1) is 18.9 Å². The molecule has 0 bridgehead atoms. The minimum atomic E-state index is -0.663. The maximum atomic E-state index is 13.2. The molecule has 1 aromatic rings. The summed E-state index contributed by atoms with van der Waals surface area (Å²) in [6, 6.07) is 0.952. The highest BCUT2D eigenvalue weighted by atomic mass is 16.5. The number of esters is 1. The number of rotatable bonds is 5. The predicted molar refractivity (Wildman–Crippen MR) is 105 cm³/mol. The summed E-state index contributed by atoms with van der Waals surface area (Å²) in [5, 5.41) is 5.70. The summed E-state index contributed by atoms with van der Waals surface area (Å²) in [6.45, 7) is 5.50. The molecule has 2 N–H and O–H groups in total. The lowest BCUT2D eigenvalue weighted by Gasteiger charge is -2.33. The van der Waals surface area contributed by atoms with E-state index in [1.165, 1.54) is 14.0 Å². The zero-order valence-electron chi connectivity index (χ0n) is 17.4. The summed E-state index contributed by atoms with van der Waals surface area (Å²) in [5.41, 5.74) is 1.97. The van der Waals surface area contributed by atoms with Gasteiger partial charge in [-0.25, -0.2) is 0 Å². The minimum absolute atomic E-state index is 0.0651. The van der Waals surface area contributed by atoms with Crippen LogP contribution in [0.15, 0.2) is 12.3 Å². The number of nitrogens with one attached hydrogen (secondary N) is 2. The van der Waals surface area contributed by atoms with Crippen molar-refractivity contribution in [3.8, 4) is 0 Å². The number of hydrogen-bond acceptors (Lipinski definition) is 5. The second-order valence-corrected chi connectivity index (χ2v) is 8.32. The monoisotopic (exact) mass is 403 g/mol. The molecule has 1 aliphatic carbocycles. The van der Waals surface area contributed by atoms with Gasteiger partial charge in [0.15, 0.2) is 0 Å². The molecule has 0 saturated carbocycles. The van der Waals surface area contributed by atoms with Crippen LogP contribution in [0.2, 0.25) is 0 Å². The number of aromatic nitrogens is 1. The first-order chi connectivity index (χ1) is 13.7. The third-order valence-corrected chi connectivity index (χ3v) is 5.90. The van der Waals surface area contributed by atoms with E-state index >= 15 is 0 Å². The maximum absolute atomic E-state index is 13.2. The van der Waals surface area contributed by atoms with Crippen LogP contribution >= 0.6 is 0 Å². The fraction of sp³-hybridized carbons (Fsp3) is 0.619. The summed E-state index contributed by atoms with van der Waals surface area (Å²) >= 11 is 0. The molecule has 8 nitrogen and oxygen atoms in total. The molecule has 2 aliphatic rings. The van der Waals surface area contributed by atoms with Crippen molar-refractivity contribution < 1.29 is 23.9 Å². The molecule has 8 heteroatoms. The Morgan fingerprint density at radius 1 is 1.28 bits per heavy atom. The molecule has 3 rings (SSSR count). The average Bonchev–Trinajstić information content (AvgIpc) is 2.99. The van der Waals surface area contributed by atoms with Crippen molar-refractivity contribution in [1.29, 1.82) is 0 Å². The zero-order chi connectivity index (χ0) is 21.3. The lowest BCUT2D eigenvalue weighted by molar-refractivity contribution is -0.147. The fourth-order valence-corrected chi connectivity index (χ4v) is 4.50. The van der Waals surface area contributed by atoms with Crippen LogP contribution in [0.3, 0.4) is 0 Å². The van der Waals surface area contributed by atoms with Crippen molar-refractivity contribution in [2.24, 2.45) is 11.8 Å². The topological polar surface area (TPSA) is 106 Å². The second-order valence-electron chi connectivity index (χ2n) is 8.32. The van der Waals surface area contributed by atoms with Crippen LogP contribution in [0.4, 0.5) is 0 Å². The molecule has 0 radical (unpaired) electrons. The van der Waals surface area contributed by atoms with E-state index in [0.29, 0.717) is 13.0 Å². The number of amides is 2. The van der Waals surface area contributed by atoms with Crippen LogP contribution in [-0.2, 0) is 36.9 Å². The van der Waals surface area contributed by atoms with E-state index in [4.69, 9.17) is 4.74 Å². The van der Waals surface area contributed by atoms with Gasteiger partial charge in [0, 0.05) is 37.8 Å². The van der Waals surface area contributed by atoms with Gasteiger partial charge < -0.3 is 19.9 Å². The molecule has 0 saturated heterocycles. The summed E-state index contributed by atoms with van der Waals surface area (Å²) in [5.74, 6) is -2.15.